The number of aliphatic hydroxyl groups excluding tert-OH is 4. The van der Waals surface area contributed by atoms with Crippen molar-refractivity contribution in [2.24, 2.45) is 0 Å². The number of unbranched alkanes of at least 4 members (excludes halogenated alkanes) is 2. The van der Waals surface area contributed by atoms with Gasteiger partial charge in [0, 0.05) is 13.2 Å². The topological polar surface area (TPSA) is 102 Å². The number of ether oxygens (including phenoxy) is 1. The summed E-state index contributed by atoms with van der Waals surface area (Å²) >= 11 is 0. The number of β-amino-alcohol motifs (C(OH)–C–C–N with tert-alkyl or cyclic N) is 1. The predicted octanol–water partition coefficient (Wildman–Crippen LogP) is -1.14. The fraction of sp³-hybridized carbons (Fsp3) is 1.00. The molecular weight excluding hydrogens is 238 g/mol. The van der Waals surface area contributed by atoms with Crippen LogP contribution >= 0.6 is 0 Å². The van der Waals surface area contributed by atoms with Gasteiger partial charge in [-0.05, 0) is 6.42 Å². The van der Waals surface area contributed by atoms with Gasteiger partial charge in [0.25, 0.3) is 0 Å². The molecule has 0 rings (SSSR count). The monoisotopic (exact) mass is 265 g/mol. The summed E-state index contributed by atoms with van der Waals surface area (Å²) in [4.78, 5) is 0. The number of aliphatic hydroxyl groups is 4. The van der Waals surface area contributed by atoms with E-state index < -0.39 is 31.5 Å². The van der Waals surface area contributed by atoms with Gasteiger partial charge in [-0.3, -0.25) is 0 Å². The van der Waals surface area contributed by atoms with Gasteiger partial charge in [-0.15, -0.1) is 0 Å². The first-order chi connectivity index (χ1) is 8.64. The van der Waals surface area contributed by atoms with Crippen LogP contribution in [0.1, 0.15) is 26.2 Å². The van der Waals surface area contributed by atoms with E-state index in [1.54, 1.807) is 0 Å². The van der Waals surface area contributed by atoms with Crippen molar-refractivity contribution in [3.8, 4) is 0 Å². The lowest BCUT2D eigenvalue weighted by Gasteiger charge is -2.29. The first-order valence-corrected chi connectivity index (χ1v) is 6.47. The Hall–Kier alpha value is -0.240. The van der Waals surface area contributed by atoms with Gasteiger partial charge >= 0.3 is 0 Å². The molecule has 0 aliphatic carbocycles. The summed E-state index contributed by atoms with van der Waals surface area (Å²) in [7, 11) is 0. The van der Waals surface area contributed by atoms with Crippen molar-refractivity contribution in [2.45, 2.75) is 37.8 Å². The van der Waals surface area contributed by atoms with Crippen molar-refractivity contribution in [3.63, 3.8) is 0 Å². The normalized spacial score (nSPS) is 13.8. The molecule has 0 amide bonds. The van der Waals surface area contributed by atoms with Crippen molar-refractivity contribution in [2.75, 3.05) is 39.6 Å². The largest absolute Gasteiger partial charge is 0.394 e. The third-order valence-corrected chi connectivity index (χ3v) is 2.82. The van der Waals surface area contributed by atoms with Gasteiger partial charge in [0.15, 0.2) is 0 Å². The van der Waals surface area contributed by atoms with E-state index >= 15 is 0 Å². The maximum absolute atomic E-state index is 9.62. The van der Waals surface area contributed by atoms with Crippen LogP contribution in [0.25, 0.3) is 0 Å². The summed E-state index contributed by atoms with van der Waals surface area (Å²) in [6.45, 7) is 1.88. The Labute approximate surface area is 109 Å². The molecule has 0 aromatic rings. The lowest BCUT2D eigenvalue weighted by atomic mass is 10.0. The quantitative estimate of drug-likeness (QED) is 0.286. The van der Waals surface area contributed by atoms with Crippen LogP contribution in [0.5, 0.6) is 0 Å². The highest BCUT2D eigenvalue weighted by atomic mass is 16.5. The molecule has 0 fully saturated rings. The maximum atomic E-state index is 9.62. The SMILES string of the molecule is CCCCCOCC(O)CNC(CO)(CO)CO. The van der Waals surface area contributed by atoms with Crippen LogP contribution in [0.15, 0.2) is 0 Å². The van der Waals surface area contributed by atoms with Crippen LogP contribution in [0.4, 0.5) is 0 Å². The molecule has 0 spiro atoms. The molecule has 0 saturated heterocycles. The minimum absolute atomic E-state index is 0.148. The van der Waals surface area contributed by atoms with Gasteiger partial charge in [-0.25, -0.2) is 0 Å². The molecule has 0 saturated carbocycles. The molecular formula is C12H27NO5. The Kier molecular flexibility index (Phi) is 10.5. The summed E-state index contributed by atoms with van der Waals surface area (Å²) in [6.07, 6.45) is 2.48. The molecule has 0 bridgehead atoms. The van der Waals surface area contributed by atoms with E-state index in [-0.39, 0.29) is 13.2 Å². The molecule has 0 aliphatic heterocycles. The van der Waals surface area contributed by atoms with E-state index in [0.717, 1.165) is 19.3 Å². The Morgan fingerprint density at radius 3 is 2.22 bits per heavy atom. The smallest absolute Gasteiger partial charge is 0.0897 e. The number of hydrogen-bond acceptors (Lipinski definition) is 6. The molecule has 0 aromatic heterocycles. The molecule has 5 N–H and O–H groups in total. The van der Waals surface area contributed by atoms with Crippen LogP contribution in [-0.2, 0) is 4.74 Å². The van der Waals surface area contributed by atoms with Crippen LogP contribution in [0.3, 0.4) is 0 Å². The third kappa shape index (κ3) is 7.25. The van der Waals surface area contributed by atoms with Gasteiger partial charge in [-0.1, -0.05) is 19.8 Å². The van der Waals surface area contributed by atoms with Crippen molar-refractivity contribution in [1.29, 1.82) is 0 Å². The summed E-state index contributed by atoms with van der Waals surface area (Å²) < 4.78 is 5.29. The van der Waals surface area contributed by atoms with Crippen molar-refractivity contribution < 1.29 is 25.2 Å². The summed E-state index contributed by atoms with van der Waals surface area (Å²) in [5.74, 6) is 0. The fourth-order valence-corrected chi connectivity index (χ4v) is 1.38. The van der Waals surface area contributed by atoms with E-state index in [9.17, 15) is 5.11 Å². The van der Waals surface area contributed by atoms with Crippen LogP contribution in [-0.4, -0.2) is 71.6 Å². The minimum atomic E-state index is -1.15. The number of rotatable bonds is 12. The van der Waals surface area contributed by atoms with Gasteiger partial charge in [0.2, 0.25) is 0 Å². The van der Waals surface area contributed by atoms with Gasteiger partial charge in [0.1, 0.15) is 0 Å². The fourth-order valence-electron chi connectivity index (χ4n) is 1.38. The highest BCUT2D eigenvalue weighted by molar-refractivity contribution is 4.86. The summed E-state index contributed by atoms with van der Waals surface area (Å²) in [5, 5.41) is 39.6. The van der Waals surface area contributed by atoms with Gasteiger partial charge in [0.05, 0.1) is 38.1 Å². The molecule has 0 aromatic carbocycles. The summed E-state index contributed by atoms with van der Waals surface area (Å²) in [5.41, 5.74) is -1.15. The molecule has 0 radical (unpaired) electrons. The average molecular weight is 265 g/mol. The molecule has 0 aliphatic rings. The van der Waals surface area contributed by atoms with E-state index in [0.29, 0.717) is 6.61 Å². The van der Waals surface area contributed by atoms with E-state index in [1.807, 2.05) is 0 Å². The van der Waals surface area contributed by atoms with Crippen LogP contribution < -0.4 is 5.32 Å². The van der Waals surface area contributed by atoms with E-state index in [1.165, 1.54) is 0 Å². The van der Waals surface area contributed by atoms with Crippen LogP contribution in [0.2, 0.25) is 0 Å². The molecule has 110 valence electrons. The minimum Gasteiger partial charge on any atom is -0.394 e. The molecule has 1 atom stereocenters. The zero-order valence-corrected chi connectivity index (χ0v) is 11.1. The molecule has 18 heavy (non-hydrogen) atoms. The lowest BCUT2D eigenvalue weighted by Crippen LogP contribution is -2.57. The molecule has 1 unspecified atom stereocenters. The second kappa shape index (κ2) is 10.7. The molecule has 6 nitrogen and oxygen atoms in total. The summed E-state index contributed by atoms with van der Waals surface area (Å²) in [6, 6.07) is 0. The van der Waals surface area contributed by atoms with E-state index in [2.05, 4.69) is 12.2 Å². The number of hydrogen-bond donors (Lipinski definition) is 5. The van der Waals surface area contributed by atoms with Gasteiger partial charge in [-0.2, -0.15) is 0 Å². The van der Waals surface area contributed by atoms with E-state index in [4.69, 9.17) is 20.1 Å². The Balaban J connectivity index is 3.71. The molecule has 0 heterocycles. The highest BCUT2D eigenvalue weighted by Crippen LogP contribution is 2.02. The Bertz CT molecular complexity index is 179. The number of nitrogens with one attached hydrogen (secondary N) is 1. The highest BCUT2D eigenvalue weighted by Gasteiger charge is 2.27. The predicted molar refractivity (Wildman–Crippen MR) is 68.3 cm³/mol. The van der Waals surface area contributed by atoms with Crippen molar-refractivity contribution in [1.82, 2.24) is 5.32 Å². The zero-order valence-electron chi connectivity index (χ0n) is 11.1. The zero-order chi connectivity index (χ0) is 13.9. The average Bonchev–Trinajstić information content (AvgIpc) is 2.41. The maximum Gasteiger partial charge on any atom is 0.0897 e. The first kappa shape index (κ1) is 17.8. The van der Waals surface area contributed by atoms with Crippen LogP contribution in [0, 0.1) is 0 Å². The standard InChI is InChI=1S/C12H27NO5/c1-2-3-4-5-18-7-11(17)6-13-12(8-14,9-15)10-16/h11,13-17H,2-10H2,1H3. The second-order valence-electron chi connectivity index (χ2n) is 4.57. The Morgan fingerprint density at radius 1 is 1.11 bits per heavy atom. The van der Waals surface area contributed by atoms with Crippen molar-refractivity contribution in [3.05, 3.63) is 0 Å². The third-order valence-electron chi connectivity index (χ3n) is 2.82. The molecule has 6 heteroatoms. The second-order valence-corrected chi connectivity index (χ2v) is 4.57. The first-order valence-electron chi connectivity index (χ1n) is 6.47. The van der Waals surface area contributed by atoms with Crippen molar-refractivity contribution >= 4 is 0 Å². The van der Waals surface area contributed by atoms with Gasteiger partial charge < -0.3 is 30.5 Å². The lowest BCUT2D eigenvalue weighted by molar-refractivity contribution is 0.00776. The Morgan fingerprint density at radius 2 is 1.72 bits per heavy atom.